The quantitative estimate of drug-likeness (QED) is 0.455. The fourth-order valence-electron chi connectivity index (χ4n) is 2.96. The van der Waals surface area contributed by atoms with Crippen molar-refractivity contribution in [3.63, 3.8) is 0 Å². The van der Waals surface area contributed by atoms with Crippen LogP contribution < -0.4 is 5.32 Å². The van der Waals surface area contributed by atoms with Crippen molar-refractivity contribution in [2.45, 2.75) is 52.4 Å². The van der Waals surface area contributed by atoms with Gasteiger partial charge < -0.3 is 14.8 Å². The molecule has 34 heavy (non-hydrogen) atoms. The Hall–Kier alpha value is -3.16. The SMILES string of the molecule is CCOCC(=O)[C@@H](NC(=O)c1ccc(C#CC#Cc2ccc(Cl)nc2)cc1)[C@@H](C)OC(C)(C)C. The molecule has 0 saturated carbocycles. The van der Waals surface area contributed by atoms with Gasteiger partial charge in [0.1, 0.15) is 17.8 Å². The first-order chi connectivity index (χ1) is 16.1. The summed E-state index contributed by atoms with van der Waals surface area (Å²) in [5.41, 5.74) is 1.35. The molecule has 2 rings (SSSR count). The van der Waals surface area contributed by atoms with Crippen LogP contribution in [0.15, 0.2) is 42.6 Å². The third-order valence-electron chi connectivity index (χ3n) is 4.44. The summed E-state index contributed by atoms with van der Waals surface area (Å²) in [5, 5.41) is 3.20. The highest BCUT2D eigenvalue weighted by atomic mass is 35.5. The van der Waals surface area contributed by atoms with E-state index in [1.807, 2.05) is 20.8 Å². The standard InChI is InChI=1S/C27H29ClN2O4/c1-6-33-18-23(31)25(19(2)34-27(3,4)5)30-26(32)22-14-11-20(12-15-22)9-7-8-10-21-13-16-24(28)29-17-21/h11-17,19,25H,6,18H2,1-5H3,(H,30,32)/t19-,25+/m1/s1. The van der Waals surface area contributed by atoms with Gasteiger partial charge in [0.2, 0.25) is 0 Å². The van der Waals surface area contributed by atoms with Crippen LogP contribution in [-0.4, -0.2) is 47.6 Å². The summed E-state index contributed by atoms with van der Waals surface area (Å²) in [5.74, 6) is 10.7. The third-order valence-corrected chi connectivity index (χ3v) is 4.67. The molecule has 7 heteroatoms. The number of nitrogens with one attached hydrogen (secondary N) is 1. The van der Waals surface area contributed by atoms with Gasteiger partial charge >= 0.3 is 0 Å². The highest BCUT2D eigenvalue weighted by Gasteiger charge is 2.30. The first kappa shape index (κ1) is 27.1. The van der Waals surface area contributed by atoms with Gasteiger partial charge in [-0.05, 0) is 82.9 Å². The Bertz CT molecular complexity index is 1100. The number of carbonyl (C=O) groups is 2. The van der Waals surface area contributed by atoms with Gasteiger partial charge in [0.25, 0.3) is 5.91 Å². The largest absolute Gasteiger partial charge is 0.374 e. The molecular weight excluding hydrogens is 452 g/mol. The topological polar surface area (TPSA) is 77.5 Å². The second kappa shape index (κ2) is 12.9. The van der Waals surface area contributed by atoms with Gasteiger partial charge in [0.15, 0.2) is 5.78 Å². The first-order valence-corrected chi connectivity index (χ1v) is 11.3. The third kappa shape index (κ3) is 9.37. The van der Waals surface area contributed by atoms with Crippen molar-refractivity contribution >= 4 is 23.3 Å². The Balaban J connectivity index is 2.07. The Labute approximate surface area is 206 Å². The lowest BCUT2D eigenvalue weighted by Gasteiger charge is -2.30. The van der Waals surface area contributed by atoms with E-state index in [0.29, 0.717) is 28.5 Å². The molecule has 1 aromatic heterocycles. The fraction of sp³-hybridized carbons (Fsp3) is 0.370. The van der Waals surface area contributed by atoms with Gasteiger partial charge in [-0.1, -0.05) is 23.4 Å². The summed E-state index contributed by atoms with van der Waals surface area (Å²) in [6, 6.07) is 9.32. The monoisotopic (exact) mass is 480 g/mol. The number of benzene rings is 1. The zero-order valence-corrected chi connectivity index (χ0v) is 20.8. The Morgan fingerprint density at radius 2 is 1.68 bits per heavy atom. The second-order valence-corrected chi connectivity index (χ2v) is 8.82. The zero-order valence-electron chi connectivity index (χ0n) is 20.1. The van der Waals surface area contributed by atoms with E-state index in [2.05, 4.69) is 34.0 Å². The number of amides is 1. The van der Waals surface area contributed by atoms with Crippen LogP contribution in [-0.2, 0) is 14.3 Å². The number of halogens is 1. The lowest BCUT2D eigenvalue weighted by molar-refractivity contribution is -0.133. The number of hydrogen-bond donors (Lipinski definition) is 1. The smallest absolute Gasteiger partial charge is 0.251 e. The van der Waals surface area contributed by atoms with Crippen LogP contribution in [0.2, 0.25) is 5.15 Å². The number of carbonyl (C=O) groups excluding carboxylic acids is 2. The van der Waals surface area contributed by atoms with E-state index < -0.39 is 17.7 Å². The van der Waals surface area contributed by atoms with Crippen LogP contribution in [0, 0.1) is 23.7 Å². The molecule has 1 N–H and O–H groups in total. The van der Waals surface area contributed by atoms with Gasteiger partial charge in [-0.3, -0.25) is 9.59 Å². The van der Waals surface area contributed by atoms with E-state index in [0.717, 1.165) is 0 Å². The molecule has 6 nitrogen and oxygen atoms in total. The Kier molecular flexibility index (Phi) is 10.3. The minimum Gasteiger partial charge on any atom is -0.374 e. The van der Waals surface area contributed by atoms with Gasteiger partial charge in [0, 0.05) is 29.5 Å². The highest BCUT2D eigenvalue weighted by Crippen LogP contribution is 2.15. The molecule has 0 aliphatic carbocycles. The van der Waals surface area contributed by atoms with E-state index in [9.17, 15) is 9.59 Å². The number of Topliss-reactive ketones (excluding diaryl/α,β-unsaturated/α-hetero) is 1. The van der Waals surface area contributed by atoms with Crippen molar-refractivity contribution < 1.29 is 19.1 Å². The second-order valence-electron chi connectivity index (χ2n) is 8.44. The summed E-state index contributed by atoms with van der Waals surface area (Å²) < 4.78 is 11.2. The molecule has 1 aromatic carbocycles. The summed E-state index contributed by atoms with van der Waals surface area (Å²) in [7, 11) is 0. The number of hydrogen-bond acceptors (Lipinski definition) is 5. The number of nitrogens with zero attached hydrogens (tertiary/aromatic N) is 1. The van der Waals surface area contributed by atoms with E-state index in [4.69, 9.17) is 21.1 Å². The first-order valence-electron chi connectivity index (χ1n) is 10.9. The predicted molar refractivity (Wildman–Crippen MR) is 132 cm³/mol. The van der Waals surface area contributed by atoms with Crippen molar-refractivity contribution in [2.75, 3.05) is 13.2 Å². The number of pyridine rings is 1. The summed E-state index contributed by atoms with van der Waals surface area (Å²) in [6.07, 6.45) is 1.04. The molecule has 1 heterocycles. The maximum absolute atomic E-state index is 12.8. The summed E-state index contributed by atoms with van der Waals surface area (Å²) in [4.78, 5) is 29.4. The molecule has 1 amide bonds. The molecule has 0 fully saturated rings. The maximum Gasteiger partial charge on any atom is 0.251 e. The van der Waals surface area contributed by atoms with Crippen LogP contribution in [0.5, 0.6) is 0 Å². The van der Waals surface area contributed by atoms with Crippen LogP contribution in [0.3, 0.4) is 0 Å². The molecule has 0 spiro atoms. The summed E-state index contributed by atoms with van der Waals surface area (Å²) >= 11 is 5.75. The van der Waals surface area contributed by atoms with Crippen molar-refractivity contribution in [3.8, 4) is 23.7 Å². The number of rotatable bonds is 8. The number of ketones is 1. The Morgan fingerprint density at radius 3 is 2.24 bits per heavy atom. The molecule has 0 aliphatic heterocycles. The van der Waals surface area contributed by atoms with Crippen molar-refractivity contribution in [3.05, 3.63) is 64.4 Å². The fourth-order valence-corrected chi connectivity index (χ4v) is 3.08. The molecule has 2 aromatic rings. The predicted octanol–water partition coefficient (Wildman–Crippen LogP) is 4.05. The summed E-state index contributed by atoms with van der Waals surface area (Å²) in [6.45, 7) is 9.57. The van der Waals surface area contributed by atoms with Crippen LogP contribution >= 0.6 is 11.6 Å². The zero-order chi connectivity index (χ0) is 25.1. The van der Waals surface area contributed by atoms with Gasteiger partial charge in [-0.2, -0.15) is 0 Å². The molecule has 178 valence electrons. The van der Waals surface area contributed by atoms with E-state index >= 15 is 0 Å². The lowest BCUT2D eigenvalue weighted by atomic mass is 10.0. The van der Waals surface area contributed by atoms with Gasteiger partial charge in [-0.15, -0.1) is 0 Å². The average molecular weight is 481 g/mol. The van der Waals surface area contributed by atoms with Crippen molar-refractivity contribution in [1.29, 1.82) is 0 Å². The normalized spacial score (nSPS) is 12.4. The van der Waals surface area contributed by atoms with Crippen LogP contribution in [0.25, 0.3) is 0 Å². The Morgan fingerprint density at radius 1 is 1.06 bits per heavy atom. The molecular formula is C27H29ClN2O4. The lowest BCUT2D eigenvalue weighted by Crippen LogP contribution is -2.51. The minimum atomic E-state index is -0.838. The van der Waals surface area contributed by atoms with Crippen molar-refractivity contribution in [1.82, 2.24) is 10.3 Å². The molecule has 2 atom stereocenters. The molecule has 0 unspecified atom stereocenters. The van der Waals surface area contributed by atoms with Crippen LogP contribution in [0.1, 0.15) is 56.1 Å². The van der Waals surface area contributed by atoms with Gasteiger partial charge in [-0.25, -0.2) is 4.98 Å². The van der Waals surface area contributed by atoms with Gasteiger partial charge in [0.05, 0.1) is 11.7 Å². The van der Waals surface area contributed by atoms with E-state index in [1.165, 1.54) is 0 Å². The average Bonchev–Trinajstić information content (AvgIpc) is 2.79. The van der Waals surface area contributed by atoms with E-state index in [1.54, 1.807) is 56.4 Å². The number of ether oxygens (including phenoxy) is 2. The molecule has 0 aliphatic rings. The van der Waals surface area contributed by atoms with E-state index in [-0.39, 0.29) is 18.3 Å². The number of aromatic nitrogens is 1. The maximum atomic E-state index is 12.8. The minimum absolute atomic E-state index is 0.0963. The molecule has 0 radical (unpaired) electrons. The molecule has 0 bridgehead atoms. The van der Waals surface area contributed by atoms with Crippen molar-refractivity contribution in [2.24, 2.45) is 0 Å². The highest BCUT2D eigenvalue weighted by molar-refractivity contribution is 6.29. The van der Waals surface area contributed by atoms with Crippen LogP contribution in [0.4, 0.5) is 0 Å². The molecule has 0 saturated heterocycles.